The Bertz CT molecular complexity index is 375. The topological polar surface area (TPSA) is 40.9 Å². The van der Waals surface area contributed by atoms with Gasteiger partial charge >= 0.3 is 0 Å². The lowest BCUT2D eigenvalue weighted by Crippen LogP contribution is -2.00. The molecule has 17 heavy (non-hydrogen) atoms. The van der Waals surface area contributed by atoms with Crippen LogP contribution in [0.4, 0.5) is 0 Å². The smallest absolute Gasteiger partial charge is 0.127 e. The standard InChI is InChI=1S/C15H19NO/c1-2-3-4-5-6-15(12-17)14-9-7-13(11-16)8-10-14/h7-10,12,15H,2-6H2,1H3. The van der Waals surface area contributed by atoms with Gasteiger partial charge in [-0.05, 0) is 24.1 Å². The number of carbonyl (C=O) groups is 1. The molecule has 1 aromatic carbocycles. The van der Waals surface area contributed by atoms with E-state index in [9.17, 15) is 4.79 Å². The summed E-state index contributed by atoms with van der Waals surface area (Å²) in [6.45, 7) is 2.18. The van der Waals surface area contributed by atoms with E-state index in [0.29, 0.717) is 5.56 Å². The highest BCUT2D eigenvalue weighted by molar-refractivity contribution is 5.62. The van der Waals surface area contributed by atoms with Crippen molar-refractivity contribution in [1.82, 2.24) is 0 Å². The molecule has 0 aliphatic carbocycles. The van der Waals surface area contributed by atoms with Crippen molar-refractivity contribution in [2.24, 2.45) is 0 Å². The summed E-state index contributed by atoms with van der Waals surface area (Å²) < 4.78 is 0. The van der Waals surface area contributed by atoms with Crippen molar-refractivity contribution < 1.29 is 4.79 Å². The maximum absolute atomic E-state index is 11.1. The molecule has 1 atom stereocenters. The maximum Gasteiger partial charge on any atom is 0.127 e. The van der Waals surface area contributed by atoms with E-state index in [-0.39, 0.29) is 5.92 Å². The van der Waals surface area contributed by atoms with Crippen molar-refractivity contribution in [3.8, 4) is 6.07 Å². The summed E-state index contributed by atoms with van der Waals surface area (Å²) in [5.41, 5.74) is 1.67. The number of hydrogen-bond donors (Lipinski definition) is 0. The second kappa shape index (κ2) is 7.62. The Morgan fingerprint density at radius 3 is 2.47 bits per heavy atom. The quantitative estimate of drug-likeness (QED) is 0.527. The molecule has 1 rings (SSSR count). The minimum absolute atomic E-state index is 0.0143. The Balaban J connectivity index is 2.54. The van der Waals surface area contributed by atoms with Gasteiger partial charge in [0, 0.05) is 5.92 Å². The average molecular weight is 229 g/mol. The first kappa shape index (κ1) is 13.4. The number of unbranched alkanes of at least 4 members (excludes halogenated alkanes) is 3. The number of rotatable bonds is 7. The van der Waals surface area contributed by atoms with Crippen LogP contribution in [-0.4, -0.2) is 6.29 Å². The van der Waals surface area contributed by atoms with Gasteiger partial charge in [0.25, 0.3) is 0 Å². The maximum atomic E-state index is 11.1. The van der Waals surface area contributed by atoms with Crippen LogP contribution in [0.25, 0.3) is 0 Å². The molecule has 0 aliphatic rings. The third kappa shape index (κ3) is 4.40. The van der Waals surface area contributed by atoms with Crippen LogP contribution >= 0.6 is 0 Å². The molecule has 0 saturated carbocycles. The summed E-state index contributed by atoms with van der Waals surface area (Å²) in [6, 6.07) is 9.41. The Labute approximate surface area is 103 Å². The van der Waals surface area contributed by atoms with Gasteiger partial charge in [-0.3, -0.25) is 0 Å². The van der Waals surface area contributed by atoms with E-state index >= 15 is 0 Å². The van der Waals surface area contributed by atoms with Crippen LogP contribution in [0.5, 0.6) is 0 Å². The molecule has 0 fully saturated rings. The molecular weight excluding hydrogens is 210 g/mol. The number of benzene rings is 1. The molecule has 2 nitrogen and oxygen atoms in total. The zero-order valence-corrected chi connectivity index (χ0v) is 10.4. The Morgan fingerprint density at radius 2 is 1.94 bits per heavy atom. The predicted molar refractivity (Wildman–Crippen MR) is 68.7 cm³/mol. The SMILES string of the molecule is CCCCCCC(C=O)c1ccc(C#N)cc1. The lowest BCUT2D eigenvalue weighted by molar-refractivity contribution is -0.109. The minimum atomic E-state index is -0.0143. The number of nitriles is 1. The first-order valence-electron chi connectivity index (χ1n) is 6.27. The third-order valence-corrected chi connectivity index (χ3v) is 3.00. The van der Waals surface area contributed by atoms with Gasteiger partial charge in [-0.25, -0.2) is 0 Å². The average Bonchev–Trinajstić information content (AvgIpc) is 2.39. The molecule has 90 valence electrons. The van der Waals surface area contributed by atoms with Crippen molar-refractivity contribution in [3.63, 3.8) is 0 Å². The van der Waals surface area contributed by atoms with E-state index in [4.69, 9.17) is 5.26 Å². The van der Waals surface area contributed by atoms with Crippen molar-refractivity contribution in [2.45, 2.75) is 44.9 Å². The lowest BCUT2D eigenvalue weighted by atomic mass is 9.94. The first-order valence-corrected chi connectivity index (χ1v) is 6.27. The van der Waals surface area contributed by atoms with E-state index < -0.39 is 0 Å². The van der Waals surface area contributed by atoms with Crippen LogP contribution in [0.15, 0.2) is 24.3 Å². The first-order chi connectivity index (χ1) is 8.31. The molecule has 0 aromatic heterocycles. The Kier molecular flexibility index (Phi) is 6.03. The van der Waals surface area contributed by atoms with E-state index in [1.165, 1.54) is 19.3 Å². The molecule has 0 N–H and O–H groups in total. The molecule has 0 aliphatic heterocycles. The number of hydrogen-bond acceptors (Lipinski definition) is 2. The van der Waals surface area contributed by atoms with Crippen LogP contribution in [0, 0.1) is 11.3 Å². The summed E-state index contributed by atoms with van der Waals surface area (Å²) in [5.74, 6) is -0.0143. The molecule has 1 aromatic rings. The second-order valence-corrected chi connectivity index (χ2v) is 4.33. The van der Waals surface area contributed by atoms with Gasteiger partial charge in [-0.2, -0.15) is 5.26 Å². The molecule has 1 unspecified atom stereocenters. The summed E-state index contributed by atoms with van der Waals surface area (Å²) >= 11 is 0. The lowest BCUT2D eigenvalue weighted by Gasteiger charge is -2.10. The molecule has 0 radical (unpaired) electrons. The minimum Gasteiger partial charge on any atom is -0.303 e. The van der Waals surface area contributed by atoms with Gasteiger partial charge in [0.05, 0.1) is 11.6 Å². The van der Waals surface area contributed by atoms with E-state index in [1.807, 2.05) is 12.1 Å². The van der Waals surface area contributed by atoms with Gasteiger partial charge in [-0.1, -0.05) is 44.7 Å². The van der Waals surface area contributed by atoms with Gasteiger partial charge in [0.15, 0.2) is 0 Å². The fourth-order valence-corrected chi connectivity index (χ4v) is 1.91. The zero-order chi connectivity index (χ0) is 12.5. The fourth-order valence-electron chi connectivity index (χ4n) is 1.91. The summed E-state index contributed by atoms with van der Waals surface area (Å²) in [4.78, 5) is 11.1. The molecule has 0 amide bonds. The van der Waals surface area contributed by atoms with E-state index in [1.54, 1.807) is 12.1 Å². The van der Waals surface area contributed by atoms with Gasteiger partial charge in [0.1, 0.15) is 6.29 Å². The normalized spacial score (nSPS) is 11.8. The molecule has 2 heteroatoms. The third-order valence-electron chi connectivity index (χ3n) is 3.00. The second-order valence-electron chi connectivity index (χ2n) is 4.33. The number of carbonyl (C=O) groups excluding carboxylic acids is 1. The van der Waals surface area contributed by atoms with Crippen molar-refractivity contribution in [1.29, 1.82) is 5.26 Å². The Morgan fingerprint density at radius 1 is 1.24 bits per heavy atom. The summed E-state index contributed by atoms with van der Waals surface area (Å²) in [6.07, 6.45) is 6.67. The highest BCUT2D eigenvalue weighted by atomic mass is 16.1. The number of aldehydes is 1. The van der Waals surface area contributed by atoms with Crippen molar-refractivity contribution in [3.05, 3.63) is 35.4 Å². The predicted octanol–water partition coefficient (Wildman–Crippen LogP) is 3.81. The van der Waals surface area contributed by atoms with Crippen molar-refractivity contribution >= 4 is 6.29 Å². The van der Waals surface area contributed by atoms with E-state index in [0.717, 1.165) is 24.7 Å². The molecule has 0 heterocycles. The molecule has 0 spiro atoms. The van der Waals surface area contributed by atoms with Crippen LogP contribution in [0.2, 0.25) is 0 Å². The van der Waals surface area contributed by atoms with Gasteiger partial charge in [-0.15, -0.1) is 0 Å². The molecular formula is C15H19NO. The fraction of sp³-hybridized carbons (Fsp3) is 0.467. The molecule has 0 saturated heterocycles. The highest BCUT2D eigenvalue weighted by Crippen LogP contribution is 2.21. The van der Waals surface area contributed by atoms with Crippen LogP contribution in [0.1, 0.15) is 56.1 Å². The van der Waals surface area contributed by atoms with Crippen LogP contribution < -0.4 is 0 Å². The summed E-state index contributed by atoms with van der Waals surface area (Å²) in [7, 11) is 0. The van der Waals surface area contributed by atoms with Gasteiger partial charge in [0.2, 0.25) is 0 Å². The largest absolute Gasteiger partial charge is 0.303 e. The Hall–Kier alpha value is -1.62. The summed E-state index contributed by atoms with van der Waals surface area (Å²) in [5, 5.41) is 8.71. The highest BCUT2D eigenvalue weighted by Gasteiger charge is 2.09. The monoisotopic (exact) mass is 229 g/mol. The van der Waals surface area contributed by atoms with E-state index in [2.05, 4.69) is 13.0 Å². The van der Waals surface area contributed by atoms with Crippen molar-refractivity contribution in [2.75, 3.05) is 0 Å². The number of nitrogens with zero attached hydrogens (tertiary/aromatic N) is 1. The van der Waals surface area contributed by atoms with Crippen LogP contribution in [-0.2, 0) is 4.79 Å². The van der Waals surface area contributed by atoms with Gasteiger partial charge < -0.3 is 4.79 Å². The zero-order valence-electron chi connectivity index (χ0n) is 10.4. The van der Waals surface area contributed by atoms with Crippen LogP contribution in [0.3, 0.4) is 0 Å². The molecule has 0 bridgehead atoms.